The van der Waals surface area contributed by atoms with Crippen molar-refractivity contribution in [2.45, 2.75) is 19.9 Å². The van der Waals surface area contributed by atoms with E-state index < -0.39 is 0 Å². The fourth-order valence-corrected chi connectivity index (χ4v) is 3.87. The molecule has 146 valence electrons. The van der Waals surface area contributed by atoms with E-state index in [0.717, 1.165) is 39.6 Å². The highest BCUT2D eigenvalue weighted by Crippen LogP contribution is 2.27. The minimum Gasteiger partial charge on any atom is -0.338 e. The number of amides is 1. The zero-order valence-electron chi connectivity index (χ0n) is 16.4. The lowest BCUT2D eigenvalue weighted by Gasteiger charge is -2.28. The number of aliphatic imine (C=N–C) groups is 1. The molecule has 0 radical (unpaired) electrons. The first kappa shape index (κ1) is 18.9. The molecule has 0 bridgehead atoms. The number of nitrogens with one attached hydrogen (secondary N) is 1. The average Bonchev–Trinajstić information content (AvgIpc) is 2.76. The number of rotatable bonds is 3. The zero-order valence-corrected chi connectivity index (χ0v) is 16.4. The molecule has 0 unspecified atom stereocenters. The van der Waals surface area contributed by atoms with Gasteiger partial charge < -0.3 is 4.90 Å². The molecule has 0 saturated heterocycles. The predicted octanol–water partition coefficient (Wildman–Crippen LogP) is 4.44. The number of nitrogens with zero attached hydrogens (tertiary/aromatic N) is 2. The lowest BCUT2D eigenvalue weighted by atomic mass is 9.97. The molecule has 3 aromatic carbocycles. The lowest BCUT2D eigenvalue weighted by Crippen LogP contribution is -2.34. The first-order valence-electron chi connectivity index (χ1n) is 9.61. The van der Waals surface area contributed by atoms with E-state index in [4.69, 9.17) is 0 Å². The monoisotopic (exact) mass is 385 g/mol. The van der Waals surface area contributed by atoms with Crippen molar-refractivity contribution in [3.05, 3.63) is 83.4 Å². The number of hydrogen-bond acceptors (Lipinski definition) is 3. The molecule has 0 atom stereocenters. The molecule has 29 heavy (non-hydrogen) atoms. The van der Waals surface area contributed by atoms with E-state index in [1.807, 2.05) is 59.5 Å². The van der Waals surface area contributed by atoms with Gasteiger partial charge in [-0.05, 0) is 52.1 Å². The smallest absolute Gasteiger partial charge is 0.219 e. The van der Waals surface area contributed by atoms with Crippen molar-refractivity contribution in [1.82, 2.24) is 10.4 Å². The molecule has 4 rings (SSSR count). The van der Waals surface area contributed by atoms with E-state index in [1.165, 1.54) is 5.56 Å². The van der Waals surface area contributed by atoms with E-state index in [1.54, 1.807) is 13.0 Å². The maximum atomic E-state index is 11.6. The van der Waals surface area contributed by atoms with Crippen molar-refractivity contribution in [2.24, 2.45) is 4.99 Å². The fourth-order valence-electron chi connectivity index (χ4n) is 3.87. The van der Waals surface area contributed by atoms with Crippen LogP contribution in [-0.4, -0.2) is 28.4 Å². The van der Waals surface area contributed by atoms with E-state index in [0.29, 0.717) is 18.9 Å². The van der Waals surface area contributed by atoms with Crippen LogP contribution in [0.3, 0.4) is 0 Å². The van der Waals surface area contributed by atoms with Crippen LogP contribution in [0.15, 0.2) is 66.2 Å². The van der Waals surface area contributed by atoms with Crippen LogP contribution >= 0.6 is 0 Å². The van der Waals surface area contributed by atoms with E-state index in [-0.39, 0.29) is 5.91 Å². The third kappa shape index (κ3) is 3.65. The van der Waals surface area contributed by atoms with Crippen molar-refractivity contribution >= 4 is 34.3 Å². The molecule has 0 spiro atoms. The van der Waals surface area contributed by atoms with Gasteiger partial charge in [-0.3, -0.25) is 15.5 Å². The highest BCUT2D eigenvalue weighted by atomic mass is 16.5. The number of amidine groups is 1. The number of hydroxylamine groups is 1. The van der Waals surface area contributed by atoms with Gasteiger partial charge in [0, 0.05) is 25.6 Å². The van der Waals surface area contributed by atoms with Gasteiger partial charge in [0.25, 0.3) is 0 Å². The molecule has 1 amide bonds. The van der Waals surface area contributed by atoms with Crippen LogP contribution in [0.2, 0.25) is 0 Å². The number of carbonyl (C=O) groups is 1. The molecule has 0 aromatic heterocycles. The van der Waals surface area contributed by atoms with Crippen molar-refractivity contribution in [2.75, 3.05) is 6.54 Å². The lowest BCUT2D eigenvalue weighted by molar-refractivity contribution is -0.129. The highest BCUT2D eigenvalue weighted by Gasteiger charge is 2.18. The third-order valence-corrected chi connectivity index (χ3v) is 5.42. The second-order valence-corrected chi connectivity index (χ2v) is 7.17. The first-order chi connectivity index (χ1) is 14.1. The molecule has 5 heteroatoms. The van der Waals surface area contributed by atoms with E-state index in [9.17, 15) is 10.0 Å². The molecule has 1 aliphatic heterocycles. The van der Waals surface area contributed by atoms with Crippen molar-refractivity contribution in [3.63, 3.8) is 0 Å². The van der Waals surface area contributed by atoms with Gasteiger partial charge in [-0.2, -0.15) is 0 Å². The summed E-state index contributed by atoms with van der Waals surface area (Å²) in [5.74, 6) is 0.463. The van der Waals surface area contributed by atoms with Crippen LogP contribution < -0.4 is 5.48 Å². The van der Waals surface area contributed by atoms with Gasteiger partial charge in [-0.25, -0.2) is 4.99 Å². The molecule has 1 heterocycles. The molecule has 0 saturated carbocycles. The van der Waals surface area contributed by atoms with Crippen LogP contribution in [-0.2, 0) is 17.8 Å². The Kier molecular flexibility index (Phi) is 5.14. The summed E-state index contributed by atoms with van der Waals surface area (Å²) in [5, 5.41) is 12.0. The summed E-state index contributed by atoms with van der Waals surface area (Å²) in [6.45, 7) is 6.89. The molecule has 0 fully saturated rings. The van der Waals surface area contributed by atoms with Gasteiger partial charge in [-0.1, -0.05) is 49.1 Å². The summed E-state index contributed by atoms with van der Waals surface area (Å²) in [5.41, 5.74) is 7.03. The van der Waals surface area contributed by atoms with Crippen molar-refractivity contribution in [1.29, 1.82) is 0 Å². The Bertz CT molecular complexity index is 1130. The van der Waals surface area contributed by atoms with E-state index >= 15 is 0 Å². The van der Waals surface area contributed by atoms with Crippen molar-refractivity contribution in [3.8, 4) is 0 Å². The van der Waals surface area contributed by atoms with Crippen molar-refractivity contribution < 1.29 is 10.0 Å². The molecule has 1 aliphatic rings. The largest absolute Gasteiger partial charge is 0.338 e. The van der Waals surface area contributed by atoms with Crippen LogP contribution in [0.5, 0.6) is 0 Å². The number of hydrogen-bond donors (Lipinski definition) is 2. The Hall–Kier alpha value is -3.44. The summed E-state index contributed by atoms with van der Waals surface area (Å²) in [7, 11) is 0. The third-order valence-electron chi connectivity index (χ3n) is 5.42. The summed E-state index contributed by atoms with van der Waals surface area (Å²) >= 11 is 0. The second-order valence-electron chi connectivity index (χ2n) is 7.17. The van der Waals surface area contributed by atoms with Gasteiger partial charge in [-0.15, -0.1) is 0 Å². The van der Waals surface area contributed by atoms with Crippen LogP contribution in [0.1, 0.15) is 29.2 Å². The molecule has 5 nitrogen and oxygen atoms in total. The Labute approximate surface area is 170 Å². The standard InChI is InChI=1S/C24H23N3O2/c1-3-21-22-7-5-4-6-17(22)9-11-23(21)24(26-29)25-20-10-8-19-15-27(16(2)28)13-12-18(19)14-20/h3-11,14,29H,1,12-13,15H2,2H3,(H,25,26). The van der Waals surface area contributed by atoms with Gasteiger partial charge in [0.05, 0.1) is 5.69 Å². The Morgan fingerprint density at radius 2 is 2.00 bits per heavy atom. The minimum absolute atomic E-state index is 0.0952. The van der Waals surface area contributed by atoms with Gasteiger partial charge >= 0.3 is 0 Å². The Morgan fingerprint density at radius 3 is 2.76 bits per heavy atom. The molecule has 3 aromatic rings. The average molecular weight is 385 g/mol. The van der Waals surface area contributed by atoms with Gasteiger partial charge in [0.2, 0.25) is 5.91 Å². The summed E-state index contributed by atoms with van der Waals surface area (Å²) in [6, 6.07) is 17.9. The summed E-state index contributed by atoms with van der Waals surface area (Å²) < 4.78 is 0. The fraction of sp³-hybridized carbons (Fsp3) is 0.167. The summed E-state index contributed by atoms with van der Waals surface area (Å²) in [4.78, 5) is 18.1. The van der Waals surface area contributed by atoms with Crippen LogP contribution in [0, 0.1) is 0 Å². The molecular weight excluding hydrogens is 362 g/mol. The quantitative estimate of drug-likeness (QED) is 0.398. The van der Waals surface area contributed by atoms with E-state index in [2.05, 4.69) is 17.1 Å². The Balaban J connectivity index is 1.73. The van der Waals surface area contributed by atoms with Crippen LogP contribution in [0.4, 0.5) is 5.69 Å². The second kappa shape index (κ2) is 7.89. The molecular formula is C24H23N3O2. The molecule has 2 N–H and O–H groups in total. The topological polar surface area (TPSA) is 64.9 Å². The summed E-state index contributed by atoms with van der Waals surface area (Å²) in [6.07, 6.45) is 2.59. The number of benzene rings is 3. The Morgan fingerprint density at radius 1 is 1.17 bits per heavy atom. The normalized spacial score (nSPS) is 13.9. The molecule has 0 aliphatic carbocycles. The number of carbonyl (C=O) groups excluding carboxylic acids is 1. The predicted molar refractivity (Wildman–Crippen MR) is 116 cm³/mol. The number of fused-ring (bicyclic) bond motifs is 2. The maximum absolute atomic E-state index is 11.6. The van der Waals surface area contributed by atoms with Crippen LogP contribution in [0.25, 0.3) is 16.8 Å². The minimum atomic E-state index is 0.0952. The SMILES string of the molecule is C=Cc1c(C(=Nc2ccc3c(c2)CCN(C(C)=O)C3)NO)ccc2ccccc12. The van der Waals surface area contributed by atoms with Gasteiger partial charge in [0.15, 0.2) is 5.84 Å². The highest BCUT2D eigenvalue weighted by molar-refractivity contribution is 6.07. The van der Waals surface area contributed by atoms with Gasteiger partial charge in [0.1, 0.15) is 0 Å². The first-order valence-corrected chi connectivity index (χ1v) is 9.61. The zero-order chi connectivity index (χ0) is 20.4. The maximum Gasteiger partial charge on any atom is 0.219 e.